The highest BCUT2D eigenvalue weighted by Gasteiger charge is 2.33. The van der Waals surface area contributed by atoms with E-state index in [1.807, 2.05) is 0 Å². The molecule has 1 aromatic rings. The highest BCUT2D eigenvalue weighted by atomic mass is 15.2. The molecule has 0 aromatic heterocycles. The fourth-order valence-electron chi connectivity index (χ4n) is 2.66. The second-order valence-electron chi connectivity index (χ2n) is 6.55. The molecule has 1 aliphatic rings. The molecule has 1 atom stereocenters. The molecule has 1 aromatic carbocycles. The summed E-state index contributed by atoms with van der Waals surface area (Å²) in [5, 5.41) is 0. The number of rotatable bonds is 2. The van der Waals surface area contributed by atoms with Gasteiger partial charge in [0.05, 0.1) is 0 Å². The molecule has 18 heavy (non-hydrogen) atoms. The van der Waals surface area contributed by atoms with Crippen molar-refractivity contribution in [3.8, 4) is 0 Å². The van der Waals surface area contributed by atoms with Gasteiger partial charge in [0.1, 0.15) is 0 Å². The normalized spacial score (nSPS) is 23.4. The molecule has 0 bridgehead atoms. The van der Waals surface area contributed by atoms with Crippen molar-refractivity contribution in [2.24, 2.45) is 11.1 Å². The fraction of sp³-hybridized carbons (Fsp3) is 0.625. The van der Waals surface area contributed by atoms with E-state index in [-0.39, 0.29) is 5.41 Å². The lowest BCUT2D eigenvalue weighted by Gasteiger charge is -2.43. The lowest BCUT2D eigenvalue weighted by atomic mass is 9.79. The van der Waals surface area contributed by atoms with E-state index in [1.54, 1.807) is 0 Å². The molecule has 0 spiro atoms. The Balaban J connectivity index is 2.13. The molecule has 0 radical (unpaired) electrons. The Morgan fingerprint density at radius 1 is 1.22 bits per heavy atom. The first-order valence-electron chi connectivity index (χ1n) is 7.00. The van der Waals surface area contributed by atoms with E-state index < -0.39 is 0 Å². The van der Waals surface area contributed by atoms with E-state index >= 15 is 0 Å². The summed E-state index contributed by atoms with van der Waals surface area (Å²) < 4.78 is 0. The molecule has 1 unspecified atom stereocenters. The molecule has 0 aliphatic carbocycles. The maximum absolute atomic E-state index is 6.19. The monoisotopic (exact) mass is 246 g/mol. The summed E-state index contributed by atoms with van der Waals surface area (Å²) in [6.07, 6.45) is 1.08. The van der Waals surface area contributed by atoms with Crippen LogP contribution in [-0.4, -0.2) is 19.1 Å². The van der Waals surface area contributed by atoms with Gasteiger partial charge in [-0.25, -0.2) is 0 Å². The number of nitrogens with zero attached hydrogens (tertiary/aromatic N) is 1. The van der Waals surface area contributed by atoms with Crippen LogP contribution in [0.3, 0.4) is 0 Å². The maximum Gasteiger partial charge on any atom is 0.0366 e. The van der Waals surface area contributed by atoms with Gasteiger partial charge in [0.25, 0.3) is 0 Å². The maximum atomic E-state index is 6.19. The molecule has 100 valence electrons. The van der Waals surface area contributed by atoms with Crippen molar-refractivity contribution >= 4 is 5.69 Å². The summed E-state index contributed by atoms with van der Waals surface area (Å²) in [5.74, 6) is 0.602. The first-order chi connectivity index (χ1) is 8.40. The van der Waals surface area contributed by atoms with Gasteiger partial charge in [-0.15, -0.1) is 0 Å². The number of hydrogen-bond donors (Lipinski definition) is 1. The van der Waals surface area contributed by atoms with Gasteiger partial charge in [0.2, 0.25) is 0 Å². The van der Waals surface area contributed by atoms with Gasteiger partial charge in [-0.1, -0.05) is 39.8 Å². The summed E-state index contributed by atoms with van der Waals surface area (Å²) in [6.45, 7) is 11.1. The van der Waals surface area contributed by atoms with Gasteiger partial charge < -0.3 is 10.6 Å². The average molecular weight is 246 g/mol. The molecule has 2 heteroatoms. The van der Waals surface area contributed by atoms with Crippen LogP contribution in [0.2, 0.25) is 0 Å². The number of nitrogens with two attached hydrogens (primary N) is 1. The third kappa shape index (κ3) is 2.69. The van der Waals surface area contributed by atoms with Crippen LogP contribution < -0.4 is 10.6 Å². The topological polar surface area (TPSA) is 29.3 Å². The fourth-order valence-corrected chi connectivity index (χ4v) is 2.66. The predicted molar refractivity (Wildman–Crippen MR) is 79.1 cm³/mol. The molecule has 1 heterocycles. The largest absolute Gasteiger partial charge is 0.371 e. The van der Waals surface area contributed by atoms with Crippen molar-refractivity contribution in [1.82, 2.24) is 0 Å². The molecular weight excluding hydrogens is 220 g/mol. The second kappa shape index (κ2) is 4.93. The van der Waals surface area contributed by atoms with Crippen molar-refractivity contribution in [2.75, 3.05) is 18.0 Å². The smallest absolute Gasteiger partial charge is 0.0366 e. The third-order valence-electron chi connectivity index (χ3n) is 4.24. The molecule has 1 fully saturated rings. The van der Waals surface area contributed by atoms with Gasteiger partial charge in [-0.3, -0.25) is 0 Å². The second-order valence-corrected chi connectivity index (χ2v) is 6.55. The highest BCUT2D eigenvalue weighted by molar-refractivity contribution is 5.49. The standard InChI is InChI=1S/C16H26N2/c1-12(2)13-5-7-14(8-6-13)18-10-9-15(17)16(3,4)11-18/h5-8,12,15H,9-11,17H2,1-4H3. The van der Waals surface area contributed by atoms with Crippen LogP contribution in [0.4, 0.5) is 5.69 Å². The Morgan fingerprint density at radius 3 is 2.33 bits per heavy atom. The Kier molecular flexibility index (Phi) is 3.67. The van der Waals surface area contributed by atoms with Crippen LogP contribution >= 0.6 is 0 Å². The van der Waals surface area contributed by atoms with Crippen LogP contribution in [0.1, 0.15) is 45.6 Å². The molecule has 1 saturated heterocycles. The van der Waals surface area contributed by atoms with E-state index in [0.717, 1.165) is 19.5 Å². The Labute approximate surface area is 111 Å². The van der Waals surface area contributed by atoms with E-state index in [0.29, 0.717) is 12.0 Å². The van der Waals surface area contributed by atoms with Gasteiger partial charge in [0.15, 0.2) is 0 Å². The van der Waals surface area contributed by atoms with E-state index in [4.69, 9.17) is 5.73 Å². The van der Waals surface area contributed by atoms with Crippen LogP contribution in [0.15, 0.2) is 24.3 Å². The first-order valence-corrected chi connectivity index (χ1v) is 7.00. The SMILES string of the molecule is CC(C)c1ccc(N2CCC(N)C(C)(C)C2)cc1. The first kappa shape index (κ1) is 13.4. The zero-order chi connectivity index (χ0) is 13.3. The number of hydrogen-bond acceptors (Lipinski definition) is 2. The third-order valence-corrected chi connectivity index (χ3v) is 4.24. The average Bonchev–Trinajstić information content (AvgIpc) is 2.33. The zero-order valence-electron chi connectivity index (χ0n) is 12.1. The molecular formula is C16H26N2. The molecule has 1 aliphatic heterocycles. The quantitative estimate of drug-likeness (QED) is 0.867. The summed E-state index contributed by atoms with van der Waals surface area (Å²) >= 11 is 0. The van der Waals surface area contributed by atoms with Crippen molar-refractivity contribution in [1.29, 1.82) is 0 Å². The summed E-state index contributed by atoms with van der Waals surface area (Å²) in [5.41, 5.74) is 9.14. The Morgan fingerprint density at radius 2 is 1.83 bits per heavy atom. The molecule has 0 saturated carbocycles. The predicted octanol–water partition coefficient (Wildman–Crippen LogP) is 3.37. The molecule has 2 nitrogen and oxygen atoms in total. The van der Waals surface area contributed by atoms with Crippen LogP contribution in [0, 0.1) is 5.41 Å². The van der Waals surface area contributed by atoms with Crippen molar-refractivity contribution in [3.05, 3.63) is 29.8 Å². The van der Waals surface area contributed by atoms with Crippen LogP contribution in [-0.2, 0) is 0 Å². The minimum atomic E-state index is 0.203. The zero-order valence-corrected chi connectivity index (χ0v) is 12.1. The minimum Gasteiger partial charge on any atom is -0.371 e. The van der Waals surface area contributed by atoms with Crippen LogP contribution in [0.5, 0.6) is 0 Å². The number of anilines is 1. The van der Waals surface area contributed by atoms with E-state index in [1.165, 1.54) is 11.3 Å². The molecule has 2 rings (SSSR count). The van der Waals surface area contributed by atoms with Crippen molar-refractivity contribution < 1.29 is 0 Å². The van der Waals surface area contributed by atoms with Crippen molar-refractivity contribution in [2.45, 2.75) is 46.1 Å². The van der Waals surface area contributed by atoms with Gasteiger partial charge in [0, 0.05) is 24.8 Å². The lowest BCUT2D eigenvalue weighted by molar-refractivity contribution is 0.245. The van der Waals surface area contributed by atoms with E-state index in [2.05, 4.69) is 56.9 Å². The van der Waals surface area contributed by atoms with Gasteiger partial charge in [-0.2, -0.15) is 0 Å². The Bertz CT molecular complexity index is 392. The summed E-state index contributed by atoms with van der Waals surface area (Å²) in [6, 6.07) is 9.33. The van der Waals surface area contributed by atoms with Crippen LogP contribution in [0.25, 0.3) is 0 Å². The van der Waals surface area contributed by atoms with Gasteiger partial charge in [-0.05, 0) is 35.4 Å². The molecule has 2 N–H and O–H groups in total. The highest BCUT2D eigenvalue weighted by Crippen LogP contribution is 2.31. The van der Waals surface area contributed by atoms with Gasteiger partial charge >= 0.3 is 0 Å². The summed E-state index contributed by atoms with van der Waals surface area (Å²) in [4.78, 5) is 2.47. The summed E-state index contributed by atoms with van der Waals surface area (Å²) in [7, 11) is 0. The minimum absolute atomic E-state index is 0.203. The number of benzene rings is 1. The van der Waals surface area contributed by atoms with Crippen molar-refractivity contribution in [3.63, 3.8) is 0 Å². The van der Waals surface area contributed by atoms with E-state index in [9.17, 15) is 0 Å². The number of piperidine rings is 1. The molecule has 0 amide bonds. The lowest BCUT2D eigenvalue weighted by Crippen LogP contribution is -2.52. The Hall–Kier alpha value is -1.02.